The summed E-state index contributed by atoms with van der Waals surface area (Å²) in [6, 6.07) is 5.87. The van der Waals surface area contributed by atoms with Crippen LogP contribution in [0.5, 0.6) is 0 Å². The Balaban J connectivity index is 1.75. The van der Waals surface area contributed by atoms with E-state index in [4.69, 9.17) is 0 Å². The summed E-state index contributed by atoms with van der Waals surface area (Å²) in [5.74, 6) is 0.714. The van der Waals surface area contributed by atoms with Crippen LogP contribution in [0.25, 0.3) is 11.3 Å². The van der Waals surface area contributed by atoms with Gasteiger partial charge in [0.2, 0.25) is 0 Å². The third-order valence-electron chi connectivity index (χ3n) is 3.77. The number of carbonyl (C=O) groups is 1. The van der Waals surface area contributed by atoms with E-state index in [1.54, 1.807) is 17.5 Å². The van der Waals surface area contributed by atoms with Gasteiger partial charge in [0, 0.05) is 30.2 Å². The molecule has 0 unspecified atom stereocenters. The fourth-order valence-corrected chi connectivity index (χ4v) is 3.31. The molecule has 3 rings (SSSR count). The van der Waals surface area contributed by atoms with Crippen molar-refractivity contribution >= 4 is 17.2 Å². The summed E-state index contributed by atoms with van der Waals surface area (Å²) >= 11 is 1.65. The maximum Gasteiger partial charge on any atom is 0.255 e. The van der Waals surface area contributed by atoms with Crippen molar-refractivity contribution in [2.24, 2.45) is 5.92 Å². The van der Waals surface area contributed by atoms with Crippen molar-refractivity contribution in [1.82, 2.24) is 9.88 Å². The molecule has 1 saturated heterocycles. The Bertz CT molecular complexity index is 577. The van der Waals surface area contributed by atoms with Gasteiger partial charge in [-0.2, -0.15) is 11.3 Å². The summed E-state index contributed by atoms with van der Waals surface area (Å²) in [5, 5.41) is 4.10. The lowest BCUT2D eigenvalue weighted by atomic mass is 10.00. The second-order valence-electron chi connectivity index (χ2n) is 5.44. The van der Waals surface area contributed by atoms with E-state index in [0.717, 1.165) is 30.8 Å². The van der Waals surface area contributed by atoms with Crippen molar-refractivity contribution in [2.45, 2.75) is 19.8 Å². The first-order valence-corrected chi connectivity index (χ1v) is 7.96. The Morgan fingerprint density at radius 1 is 1.40 bits per heavy atom. The van der Waals surface area contributed by atoms with Gasteiger partial charge in [-0.3, -0.25) is 9.78 Å². The standard InChI is InChI=1S/C16H18N2OS/c1-12-3-2-7-18(10-12)16(19)13-4-5-15(17-9-13)14-6-8-20-11-14/h4-6,8-9,11-12H,2-3,7,10H2,1H3/t12-/m0/s1. The number of likely N-dealkylation sites (tertiary alicyclic amines) is 1. The molecule has 4 heteroatoms. The van der Waals surface area contributed by atoms with E-state index in [0.29, 0.717) is 11.5 Å². The van der Waals surface area contributed by atoms with Gasteiger partial charge in [-0.05, 0) is 42.3 Å². The highest BCUT2D eigenvalue weighted by atomic mass is 32.1. The Hall–Kier alpha value is -1.68. The molecule has 3 heterocycles. The van der Waals surface area contributed by atoms with Crippen molar-refractivity contribution in [3.05, 3.63) is 40.7 Å². The molecule has 1 fully saturated rings. The lowest BCUT2D eigenvalue weighted by molar-refractivity contribution is 0.0682. The minimum absolute atomic E-state index is 0.112. The molecule has 0 aliphatic carbocycles. The minimum atomic E-state index is 0.112. The van der Waals surface area contributed by atoms with E-state index in [1.807, 2.05) is 28.5 Å². The Kier molecular flexibility index (Phi) is 3.83. The molecule has 20 heavy (non-hydrogen) atoms. The molecule has 3 nitrogen and oxygen atoms in total. The first-order chi connectivity index (χ1) is 9.74. The second kappa shape index (κ2) is 5.75. The summed E-state index contributed by atoms with van der Waals surface area (Å²) in [6.45, 7) is 3.94. The van der Waals surface area contributed by atoms with Gasteiger partial charge in [-0.1, -0.05) is 6.92 Å². The third-order valence-corrected chi connectivity index (χ3v) is 4.45. The fraction of sp³-hybridized carbons (Fsp3) is 0.375. The molecule has 0 radical (unpaired) electrons. The van der Waals surface area contributed by atoms with Gasteiger partial charge in [-0.15, -0.1) is 0 Å². The zero-order valence-electron chi connectivity index (χ0n) is 11.6. The molecule has 2 aromatic heterocycles. The second-order valence-corrected chi connectivity index (χ2v) is 6.22. The zero-order chi connectivity index (χ0) is 13.9. The molecule has 1 aliphatic heterocycles. The van der Waals surface area contributed by atoms with E-state index < -0.39 is 0 Å². The van der Waals surface area contributed by atoms with Gasteiger partial charge in [0.05, 0.1) is 11.3 Å². The molecule has 1 atom stereocenters. The van der Waals surface area contributed by atoms with Crippen LogP contribution in [0.4, 0.5) is 0 Å². The highest BCUT2D eigenvalue weighted by molar-refractivity contribution is 7.08. The van der Waals surface area contributed by atoms with Gasteiger partial charge < -0.3 is 4.90 Å². The largest absolute Gasteiger partial charge is 0.338 e. The number of rotatable bonds is 2. The number of thiophene rings is 1. The van der Waals surface area contributed by atoms with Crippen LogP contribution < -0.4 is 0 Å². The summed E-state index contributed by atoms with van der Waals surface area (Å²) in [6.07, 6.45) is 4.03. The number of amides is 1. The molecule has 0 bridgehead atoms. The van der Waals surface area contributed by atoms with Crippen LogP contribution in [0.3, 0.4) is 0 Å². The Morgan fingerprint density at radius 2 is 2.30 bits per heavy atom. The summed E-state index contributed by atoms with van der Waals surface area (Å²) in [5.41, 5.74) is 2.73. The van der Waals surface area contributed by atoms with Crippen LogP contribution in [0.1, 0.15) is 30.1 Å². The van der Waals surface area contributed by atoms with Gasteiger partial charge in [0.1, 0.15) is 0 Å². The number of hydrogen-bond acceptors (Lipinski definition) is 3. The molecular formula is C16H18N2OS. The summed E-state index contributed by atoms with van der Waals surface area (Å²) in [7, 11) is 0. The van der Waals surface area contributed by atoms with E-state index in [1.165, 1.54) is 6.42 Å². The number of hydrogen-bond donors (Lipinski definition) is 0. The average Bonchev–Trinajstić information content (AvgIpc) is 3.01. The molecule has 0 aromatic carbocycles. The number of piperidine rings is 1. The highest BCUT2D eigenvalue weighted by Crippen LogP contribution is 2.21. The first kappa shape index (κ1) is 13.3. The van der Waals surface area contributed by atoms with Crippen LogP contribution in [0, 0.1) is 5.92 Å². The summed E-state index contributed by atoms with van der Waals surface area (Å²) < 4.78 is 0. The molecule has 1 aliphatic rings. The van der Waals surface area contributed by atoms with Crippen molar-refractivity contribution in [3.63, 3.8) is 0 Å². The molecule has 0 N–H and O–H groups in total. The van der Waals surface area contributed by atoms with E-state index in [9.17, 15) is 4.79 Å². The maximum absolute atomic E-state index is 12.4. The molecular weight excluding hydrogens is 268 g/mol. The minimum Gasteiger partial charge on any atom is -0.338 e. The van der Waals surface area contributed by atoms with E-state index >= 15 is 0 Å². The van der Waals surface area contributed by atoms with Gasteiger partial charge in [-0.25, -0.2) is 0 Å². The van der Waals surface area contributed by atoms with E-state index in [-0.39, 0.29) is 5.91 Å². The fourth-order valence-electron chi connectivity index (χ4n) is 2.66. The molecule has 1 amide bonds. The van der Waals surface area contributed by atoms with Crippen LogP contribution in [0.15, 0.2) is 35.2 Å². The number of pyridine rings is 1. The van der Waals surface area contributed by atoms with Crippen LogP contribution in [-0.2, 0) is 0 Å². The smallest absolute Gasteiger partial charge is 0.255 e. The van der Waals surface area contributed by atoms with E-state index in [2.05, 4.69) is 17.3 Å². The number of carbonyl (C=O) groups excluding carboxylic acids is 1. The topological polar surface area (TPSA) is 33.2 Å². The van der Waals surface area contributed by atoms with Crippen LogP contribution >= 0.6 is 11.3 Å². The average molecular weight is 286 g/mol. The summed E-state index contributed by atoms with van der Waals surface area (Å²) in [4.78, 5) is 18.8. The third kappa shape index (κ3) is 2.75. The van der Waals surface area contributed by atoms with Crippen LogP contribution in [0.2, 0.25) is 0 Å². The zero-order valence-corrected chi connectivity index (χ0v) is 12.4. The maximum atomic E-state index is 12.4. The van der Waals surface area contributed by atoms with Crippen molar-refractivity contribution in [3.8, 4) is 11.3 Å². The number of nitrogens with zero attached hydrogens (tertiary/aromatic N) is 2. The molecule has 0 saturated carbocycles. The molecule has 0 spiro atoms. The van der Waals surface area contributed by atoms with Crippen molar-refractivity contribution in [1.29, 1.82) is 0 Å². The van der Waals surface area contributed by atoms with Crippen LogP contribution in [-0.4, -0.2) is 28.9 Å². The van der Waals surface area contributed by atoms with Gasteiger partial charge in [0.25, 0.3) is 5.91 Å². The highest BCUT2D eigenvalue weighted by Gasteiger charge is 2.22. The lowest BCUT2D eigenvalue weighted by Gasteiger charge is -2.30. The van der Waals surface area contributed by atoms with Crippen molar-refractivity contribution in [2.75, 3.05) is 13.1 Å². The SMILES string of the molecule is C[C@H]1CCCN(C(=O)c2ccc(-c3ccsc3)nc2)C1. The molecule has 2 aromatic rings. The van der Waals surface area contributed by atoms with Gasteiger partial charge in [0.15, 0.2) is 0 Å². The normalized spacial score (nSPS) is 19.1. The quantitative estimate of drug-likeness (QED) is 0.843. The number of aromatic nitrogens is 1. The Morgan fingerprint density at radius 3 is 2.95 bits per heavy atom. The van der Waals surface area contributed by atoms with Gasteiger partial charge >= 0.3 is 0 Å². The predicted octanol–water partition coefficient (Wildman–Crippen LogP) is 3.68. The lowest BCUT2D eigenvalue weighted by Crippen LogP contribution is -2.39. The first-order valence-electron chi connectivity index (χ1n) is 7.02. The predicted molar refractivity (Wildman–Crippen MR) is 81.9 cm³/mol. The monoisotopic (exact) mass is 286 g/mol. The Labute approximate surface area is 123 Å². The molecule has 104 valence electrons. The van der Waals surface area contributed by atoms with Crippen molar-refractivity contribution < 1.29 is 4.79 Å².